The maximum absolute atomic E-state index is 13.0. The molecule has 0 spiro atoms. The Bertz CT molecular complexity index is 1110. The van der Waals surface area contributed by atoms with E-state index < -0.39 is 18.5 Å². The molecule has 1 aromatic carbocycles. The molecule has 256 valence electrons. The zero-order chi connectivity index (χ0) is 32.8. The minimum atomic E-state index is -5.45. The topological polar surface area (TPSA) is 46.5 Å². The summed E-state index contributed by atoms with van der Waals surface area (Å²) in [5.41, 5.74) is 2.75. The standard InChI is InChI=1S/C36H53F5O3S/c1-24(12-9-7-5-4-6-8-10-20-45-21-11-18-35(37,38)36(39,40)41)30-23-26-22-27(43)13-14-28(26)29-17-19-34(3)31(33(29)30)15-16-32(34)44-25(2)42/h13-14,22,24,29-33,43H,4-12,15-21,23H2,1-3H3/t24-,29?,30?,31?,32+,33?,34+/m1/s1. The number of phenols is 1. The van der Waals surface area contributed by atoms with Crippen LogP contribution >= 0.6 is 11.8 Å². The van der Waals surface area contributed by atoms with Crippen LogP contribution in [0.5, 0.6) is 5.75 Å². The van der Waals surface area contributed by atoms with Gasteiger partial charge in [-0.2, -0.15) is 33.7 Å². The lowest BCUT2D eigenvalue weighted by Gasteiger charge is -2.54. The van der Waals surface area contributed by atoms with Crippen molar-refractivity contribution >= 4 is 17.7 Å². The minimum absolute atomic E-state index is 0.00741. The molecule has 7 atom stereocenters. The molecule has 0 saturated heterocycles. The summed E-state index contributed by atoms with van der Waals surface area (Å²) in [4.78, 5) is 11.9. The molecule has 1 aromatic rings. The van der Waals surface area contributed by atoms with Gasteiger partial charge in [0, 0.05) is 18.8 Å². The Balaban J connectivity index is 1.19. The maximum atomic E-state index is 13.0. The molecular weight excluding hydrogens is 607 g/mol. The molecule has 0 aliphatic heterocycles. The van der Waals surface area contributed by atoms with Crippen LogP contribution in [-0.2, 0) is 16.0 Å². The normalized spacial score (nSPS) is 28.7. The zero-order valence-corrected chi connectivity index (χ0v) is 28.1. The first kappa shape index (κ1) is 36.3. The summed E-state index contributed by atoms with van der Waals surface area (Å²) in [5, 5.41) is 10.3. The molecule has 3 nitrogen and oxygen atoms in total. The number of rotatable bonds is 16. The van der Waals surface area contributed by atoms with Gasteiger partial charge >= 0.3 is 18.1 Å². The van der Waals surface area contributed by atoms with Gasteiger partial charge in [0.05, 0.1) is 0 Å². The van der Waals surface area contributed by atoms with Crippen LogP contribution in [0.2, 0.25) is 0 Å². The highest BCUT2D eigenvalue weighted by Crippen LogP contribution is 2.64. The van der Waals surface area contributed by atoms with Crippen molar-refractivity contribution in [1.29, 1.82) is 0 Å². The third-order valence-electron chi connectivity index (χ3n) is 11.4. The van der Waals surface area contributed by atoms with Crippen molar-refractivity contribution in [3.63, 3.8) is 0 Å². The Morgan fingerprint density at radius 3 is 2.36 bits per heavy atom. The first-order chi connectivity index (χ1) is 21.2. The van der Waals surface area contributed by atoms with E-state index in [1.807, 2.05) is 12.1 Å². The smallest absolute Gasteiger partial charge is 0.453 e. The van der Waals surface area contributed by atoms with Gasteiger partial charge in [-0.05, 0) is 109 Å². The first-order valence-corrected chi connectivity index (χ1v) is 18.4. The summed E-state index contributed by atoms with van der Waals surface area (Å²) < 4.78 is 68.5. The fourth-order valence-corrected chi connectivity index (χ4v) is 9.97. The number of benzene rings is 1. The minimum Gasteiger partial charge on any atom is -0.508 e. The van der Waals surface area contributed by atoms with Crippen LogP contribution in [0.3, 0.4) is 0 Å². The maximum Gasteiger partial charge on any atom is 0.453 e. The van der Waals surface area contributed by atoms with Crippen LogP contribution in [-0.4, -0.2) is 40.8 Å². The van der Waals surface area contributed by atoms with Crippen LogP contribution in [0.1, 0.15) is 128 Å². The molecule has 2 fully saturated rings. The zero-order valence-electron chi connectivity index (χ0n) is 27.3. The highest BCUT2D eigenvalue weighted by atomic mass is 32.2. The number of esters is 1. The molecule has 2 saturated carbocycles. The number of thioether (sulfide) groups is 1. The lowest BCUT2D eigenvalue weighted by Crippen LogP contribution is -2.49. The molecule has 0 aromatic heterocycles. The predicted molar refractivity (Wildman–Crippen MR) is 171 cm³/mol. The van der Waals surface area contributed by atoms with E-state index in [-0.39, 0.29) is 23.9 Å². The van der Waals surface area contributed by atoms with Crippen molar-refractivity contribution in [3.05, 3.63) is 29.3 Å². The molecule has 1 N–H and O–H groups in total. The van der Waals surface area contributed by atoms with Crippen LogP contribution < -0.4 is 0 Å². The van der Waals surface area contributed by atoms with Crippen LogP contribution in [0, 0.1) is 29.1 Å². The van der Waals surface area contributed by atoms with E-state index in [0.717, 1.165) is 63.5 Å². The molecule has 3 aliphatic rings. The third kappa shape index (κ3) is 8.90. The van der Waals surface area contributed by atoms with E-state index in [9.17, 15) is 31.9 Å². The van der Waals surface area contributed by atoms with Gasteiger partial charge in [0.1, 0.15) is 11.9 Å². The van der Waals surface area contributed by atoms with Gasteiger partial charge in [-0.15, -0.1) is 0 Å². The van der Waals surface area contributed by atoms with Crippen molar-refractivity contribution in [1.82, 2.24) is 0 Å². The van der Waals surface area contributed by atoms with Gasteiger partial charge in [0.2, 0.25) is 0 Å². The number of fused-ring (bicyclic) bond motifs is 5. The van der Waals surface area contributed by atoms with Gasteiger partial charge in [-0.25, -0.2) is 0 Å². The monoisotopic (exact) mass is 660 g/mol. The third-order valence-corrected chi connectivity index (χ3v) is 12.6. The second-order valence-electron chi connectivity index (χ2n) is 14.4. The molecule has 0 amide bonds. The number of hydrogen-bond acceptors (Lipinski definition) is 4. The second kappa shape index (κ2) is 15.6. The number of phenolic OH excluding ortho intramolecular Hbond substituents is 1. The van der Waals surface area contributed by atoms with Gasteiger partial charge in [-0.3, -0.25) is 4.79 Å². The summed E-state index contributed by atoms with van der Waals surface area (Å²) in [5.74, 6) is -0.557. The first-order valence-electron chi connectivity index (χ1n) is 17.3. The highest BCUT2D eigenvalue weighted by Gasteiger charge is 2.59. The van der Waals surface area contributed by atoms with E-state index in [2.05, 4.69) is 19.9 Å². The van der Waals surface area contributed by atoms with E-state index >= 15 is 0 Å². The molecule has 4 rings (SSSR count). The lowest BCUT2D eigenvalue weighted by atomic mass is 9.51. The summed E-state index contributed by atoms with van der Waals surface area (Å²) in [7, 11) is 0. The van der Waals surface area contributed by atoms with Crippen molar-refractivity contribution in [2.75, 3.05) is 11.5 Å². The number of carbonyl (C=O) groups excluding carboxylic acids is 1. The Kier molecular flexibility index (Phi) is 12.6. The number of aromatic hydroxyl groups is 1. The number of unbranched alkanes of at least 4 members (excludes halogenated alkanes) is 6. The van der Waals surface area contributed by atoms with E-state index in [0.29, 0.717) is 41.1 Å². The summed E-state index contributed by atoms with van der Waals surface area (Å²) >= 11 is 1.47. The van der Waals surface area contributed by atoms with Crippen LogP contribution in [0.4, 0.5) is 22.0 Å². The molecule has 45 heavy (non-hydrogen) atoms. The summed E-state index contributed by atoms with van der Waals surface area (Å²) in [6.07, 6.45) is 7.61. The Morgan fingerprint density at radius 1 is 1.00 bits per heavy atom. The lowest BCUT2D eigenvalue weighted by molar-refractivity contribution is -0.284. The van der Waals surface area contributed by atoms with E-state index in [1.165, 1.54) is 55.5 Å². The van der Waals surface area contributed by atoms with Gasteiger partial charge < -0.3 is 9.84 Å². The Labute approximate surface area is 270 Å². The fraction of sp³-hybridized carbons (Fsp3) is 0.806. The Morgan fingerprint density at radius 2 is 1.67 bits per heavy atom. The van der Waals surface area contributed by atoms with E-state index in [1.54, 1.807) is 0 Å². The van der Waals surface area contributed by atoms with Gasteiger partial charge in [0.25, 0.3) is 0 Å². The summed E-state index contributed by atoms with van der Waals surface area (Å²) in [6, 6.07) is 5.98. The molecule has 0 radical (unpaired) electrons. The van der Waals surface area contributed by atoms with E-state index in [4.69, 9.17) is 4.74 Å². The molecule has 9 heteroatoms. The quantitative estimate of drug-likeness (QED) is 0.109. The van der Waals surface area contributed by atoms with Crippen molar-refractivity contribution in [2.24, 2.45) is 29.1 Å². The van der Waals surface area contributed by atoms with Gasteiger partial charge in [0.15, 0.2) is 0 Å². The second-order valence-corrected chi connectivity index (χ2v) is 15.6. The number of carbonyl (C=O) groups is 1. The molecule has 0 bridgehead atoms. The average molecular weight is 661 g/mol. The average Bonchev–Trinajstić information content (AvgIpc) is 3.29. The van der Waals surface area contributed by atoms with Crippen molar-refractivity contribution in [2.45, 2.75) is 141 Å². The predicted octanol–water partition coefficient (Wildman–Crippen LogP) is 10.9. The highest BCUT2D eigenvalue weighted by molar-refractivity contribution is 7.99. The number of hydrogen-bond donors (Lipinski definition) is 1. The molecule has 4 unspecified atom stereocenters. The van der Waals surface area contributed by atoms with Crippen LogP contribution in [0.15, 0.2) is 18.2 Å². The number of halogens is 5. The fourth-order valence-electron chi connectivity index (χ4n) is 9.01. The largest absolute Gasteiger partial charge is 0.508 e. The van der Waals surface area contributed by atoms with Crippen molar-refractivity contribution < 1.29 is 36.6 Å². The van der Waals surface area contributed by atoms with Crippen LogP contribution in [0.25, 0.3) is 0 Å². The number of alkyl halides is 5. The molecule has 0 heterocycles. The number of ether oxygens (including phenoxy) is 1. The van der Waals surface area contributed by atoms with Gasteiger partial charge in [-0.1, -0.05) is 64.9 Å². The SMILES string of the molecule is CC(=O)O[C@H]1CCC2C3C(CC[C@@]21C)c1ccc(O)cc1CC3[C@H](C)CCCCCCCCCSCCCC(F)(F)C(F)(F)F. The van der Waals surface area contributed by atoms with Crippen molar-refractivity contribution in [3.8, 4) is 5.75 Å². The Hall–Kier alpha value is -1.51. The molecular formula is C36H53F5O3S. The molecule has 3 aliphatic carbocycles. The summed E-state index contributed by atoms with van der Waals surface area (Å²) in [6.45, 7) is 6.31.